The number of rotatable bonds is 8. The molecular formula is C26H28N2O3. The molecule has 0 fully saturated rings. The molecule has 0 aromatic heterocycles. The molecule has 5 heteroatoms. The number of hydrogen-bond acceptors (Lipinski definition) is 3. The Labute approximate surface area is 183 Å². The molecule has 2 atom stereocenters. The van der Waals surface area contributed by atoms with Crippen molar-refractivity contribution in [2.24, 2.45) is 0 Å². The average Bonchev–Trinajstić information content (AvgIpc) is 2.80. The normalized spacial score (nSPS) is 12.5. The lowest BCUT2D eigenvalue weighted by Crippen LogP contribution is -2.32. The molecule has 0 bridgehead atoms. The predicted molar refractivity (Wildman–Crippen MR) is 123 cm³/mol. The standard InChI is InChI=1S/C26H28N2O3/c1-4-20-12-8-11-17-24(20)31-19(3)25(29)28-23-16-10-9-15-22(23)26(30)27-18(2)21-13-6-5-7-14-21/h5-19H,4H2,1-3H3,(H,27,30)(H,28,29)/t18-,19+/m1/s1. The van der Waals surface area contributed by atoms with E-state index < -0.39 is 6.10 Å². The Balaban J connectivity index is 1.69. The van der Waals surface area contributed by atoms with Gasteiger partial charge < -0.3 is 15.4 Å². The quantitative estimate of drug-likeness (QED) is 0.534. The molecule has 2 amide bonds. The Hall–Kier alpha value is -3.60. The highest BCUT2D eigenvalue weighted by molar-refractivity contribution is 6.04. The summed E-state index contributed by atoms with van der Waals surface area (Å²) >= 11 is 0. The number of anilines is 1. The summed E-state index contributed by atoms with van der Waals surface area (Å²) in [6.45, 7) is 5.66. The first kappa shape index (κ1) is 22.1. The van der Waals surface area contributed by atoms with Crippen LogP contribution in [0.3, 0.4) is 0 Å². The molecule has 31 heavy (non-hydrogen) atoms. The highest BCUT2D eigenvalue weighted by Crippen LogP contribution is 2.21. The van der Waals surface area contributed by atoms with E-state index in [2.05, 4.69) is 10.6 Å². The van der Waals surface area contributed by atoms with Crippen LogP contribution in [0.1, 0.15) is 48.3 Å². The highest BCUT2D eigenvalue weighted by atomic mass is 16.5. The summed E-state index contributed by atoms with van der Waals surface area (Å²) in [7, 11) is 0. The van der Waals surface area contributed by atoms with Gasteiger partial charge in [0.15, 0.2) is 6.10 Å². The Morgan fingerprint density at radius 1 is 0.871 bits per heavy atom. The molecule has 0 aliphatic rings. The molecule has 3 aromatic carbocycles. The number of hydrogen-bond donors (Lipinski definition) is 2. The molecule has 2 N–H and O–H groups in total. The number of carbonyl (C=O) groups excluding carboxylic acids is 2. The summed E-state index contributed by atoms with van der Waals surface area (Å²) in [6, 6.07) is 24.2. The van der Waals surface area contributed by atoms with Gasteiger partial charge in [0, 0.05) is 0 Å². The maximum absolute atomic E-state index is 12.9. The molecule has 5 nitrogen and oxygen atoms in total. The third kappa shape index (κ3) is 5.72. The third-order valence-electron chi connectivity index (χ3n) is 5.10. The molecule has 0 unspecified atom stereocenters. The van der Waals surface area contributed by atoms with E-state index in [1.54, 1.807) is 31.2 Å². The molecule has 160 valence electrons. The van der Waals surface area contributed by atoms with Gasteiger partial charge in [-0.05, 0) is 49.6 Å². The van der Waals surface area contributed by atoms with Crippen molar-refractivity contribution in [1.29, 1.82) is 0 Å². The van der Waals surface area contributed by atoms with E-state index >= 15 is 0 Å². The number of aryl methyl sites for hydroxylation is 1. The summed E-state index contributed by atoms with van der Waals surface area (Å²) in [4.78, 5) is 25.6. The van der Waals surface area contributed by atoms with Crippen molar-refractivity contribution in [2.75, 3.05) is 5.32 Å². The molecule has 0 saturated carbocycles. The first-order valence-corrected chi connectivity index (χ1v) is 10.5. The minimum atomic E-state index is -0.716. The Morgan fingerprint density at radius 2 is 1.52 bits per heavy atom. The summed E-state index contributed by atoms with van der Waals surface area (Å²) in [5.41, 5.74) is 2.90. The van der Waals surface area contributed by atoms with Crippen molar-refractivity contribution in [3.8, 4) is 5.75 Å². The molecular weight excluding hydrogens is 388 g/mol. The van der Waals surface area contributed by atoms with Crippen LogP contribution in [0.15, 0.2) is 78.9 Å². The third-order valence-corrected chi connectivity index (χ3v) is 5.10. The van der Waals surface area contributed by atoms with Gasteiger partial charge >= 0.3 is 0 Å². The van der Waals surface area contributed by atoms with E-state index in [0.29, 0.717) is 17.0 Å². The van der Waals surface area contributed by atoms with Crippen molar-refractivity contribution in [2.45, 2.75) is 39.3 Å². The largest absolute Gasteiger partial charge is 0.481 e. The molecule has 0 heterocycles. The molecule has 3 aromatic rings. The Morgan fingerprint density at radius 3 is 2.26 bits per heavy atom. The van der Waals surface area contributed by atoms with Crippen LogP contribution in [0.2, 0.25) is 0 Å². The van der Waals surface area contributed by atoms with Gasteiger partial charge in [-0.25, -0.2) is 0 Å². The molecule has 3 rings (SSSR count). The van der Waals surface area contributed by atoms with Gasteiger partial charge in [-0.15, -0.1) is 0 Å². The number of ether oxygens (including phenoxy) is 1. The zero-order valence-electron chi connectivity index (χ0n) is 18.1. The Bertz CT molecular complexity index is 1030. The van der Waals surface area contributed by atoms with E-state index in [1.165, 1.54) is 0 Å². The molecule has 0 radical (unpaired) electrons. The van der Waals surface area contributed by atoms with Crippen molar-refractivity contribution >= 4 is 17.5 Å². The van der Waals surface area contributed by atoms with Gasteiger partial charge in [-0.1, -0.05) is 67.6 Å². The van der Waals surface area contributed by atoms with Crippen LogP contribution in [0, 0.1) is 0 Å². The van der Waals surface area contributed by atoms with Crippen LogP contribution in [-0.4, -0.2) is 17.9 Å². The Kier molecular flexibility index (Phi) is 7.44. The van der Waals surface area contributed by atoms with Gasteiger partial charge in [-0.3, -0.25) is 9.59 Å². The summed E-state index contributed by atoms with van der Waals surface area (Å²) in [5, 5.41) is 5.83. The number of amides is 2. The average molecular weight is 417 g/mol. The monoisotopic (exact) mass is 416 g/mol. The van der Waals surface area contributed by atoms with Crippen molar-refractivity contribution < 1.29 is 14.3 Å². The van der Waals surface area contributed by atoms with Crippen LogP contribution in [0.4, 0.5) is 5.69 Å². The fraction of sp³-hybridized carbons (Fsp3) is 0.231. The lowest BCUT2D eigenvalue weighted by molar-refractivity contribution is -0.122. The lowest BCUT2D eigenvalue weighted by Gasteiger charge is -2.19. The second-order valence-electron chi connectivity index (χ2n) is 7.36. The zero-order valence-corrected chi connectivity index (χ0v) is 18.1. The molecule has 0 aliphatic heterocycles. The molecule has 0 spiro atoms. The van der Waals surface area contributed by atoms with Crippen LogP contribution in [0.25, 0.3) is 0 Å². The minimum Gasteiger partial charge on any atom is -0.481 e. The predicted octanol–water partition coefficient (Wildman–Crippen LogP) is 5.15. The summed E-state index contributed by atoms with van der Waals surface area (Å²) < 4.78 is 5.88. The van der Waals surface area contributed by atoms with Crippen molar-refractivity contribution in [3.63, 3.8) is 0 Å². The lowest BCUT2D eigenvalue weighted by atomic mass is 10.1. The topological polar surface area (TPSA) is 67.4 Å². The van der Waals surface area contributed by atoms with Crippen molar-refractivity contribution in [1.82, 2.24) is 5.32 Å². The first-order chi connectivity index (χ1) is 15.0. The van der Waals surface area contributed by atoms with E-state index in [9.17, 15) is 9.59 Å². The van der Waals surface area contributed by atoms with Gasteiger partial charge in [0.1, 0.15) is 5.75 Å². The number of para-hydroxylation sites is 2. The highest BCUT2D eigenvalue weighted by Gasteiger charge is 2.20. The van der Waals surface area contributed by atoms with Crippen LogP contribution < -0.4 is 15.4 Å². The van der Waals surface area contributed by atoms with Crippen molar-refractivity contribution in [3.05, 3.63) is 95.6 Å². The second kappa shape index (κ2) is 10.4. The van der Waals surface area contributed by atoms with E-state index in [-0.39, 0.29) is 17.9 Å². The van der Waals surface area contributed by atoms with Crippen LogP contribution in [0.5, 0.6) is 5.75 Å². The summed E-state index contributed by atoms with van der Waals surface area (Å²) in [6.07, 6.45) is 0.0969. The fourth-order valence-electron chi connectivity index (χ4n) is 3.28. The number of carbonyl (C=O) groups is 2. The minimum absolute atomic E-state index is 0.162. The van der Waals surface area contributed by atoms with Crippen LogP contribution >= 0.6 is 0 Å². The zero-order chi connectivity index (χ0) is 22.2. The maximum atomic E-state index is 12.9. The number of nitrogens with one attached hydrogen (secondary N) is 2. The number of benzene rings is 3. The van der Waals surface area contributed by atoms with Crippen LogP contribution in [-0.2, 0) is 11.2 Å². The van der Waals surface area contributed by atoms with Gasteiger partial charge in [0.25, 0.3) is 11.8 Å². The summed E-state index contributed by atoms with van der Waals surface area (Å²) in [5.74, 6) is 0.120. The van der Waals surface area contributed by atoms with E-state index in [4.69, 9.17) is 4.74 Å². The molecule has 0 saturated heterocycles. The van der Waals surface area contributed by atoms with E-state index in [0.717, 1.165) is 17.5 Å². The maximum Gasteiger partial charge on any atom is 0.265 e. The SMILES string of the molecule is CCc1ccccc1O[C@@H](C)C(=O)Nc1ccccc1C(=O)N[C@H](C)c1ccccc1. The van der Waals surface area contributed by atoms with Gasteiger partial charge in [0.2, 0.25) is 0 Å². The fourth-order valence-corrected chi connectivity index (χ4v) is 3.28. The van der Waals surface area contributed by atoms with E-state index in [1.807, 2.05) is 68.4 Å². The van der Waals surface area contributed by atoms with Gasteiger partial charge in [-0.2, -0.15) is 0 Å². The van der Waals surface area contributed by atoms with Gasteiger partial charge in [0.05, 0.1) is 17.3 Å². The molecule has 0 aliphatic carbocycles. The first-order valence-electron chi connectivity index (χ1n) is 10.5. The second-order valence-corrected chi connectivity index (χ2v) is 7.36. The smallest absolute Gasteiger partial charge is 0.265 e.